The standard InChI is InChI=1S/C13H12FN3O4S/c1-8-6-9(14)2-5-13(8)22(20,21)16-10-3-4-11(15)12(7-10)17(18)19/h2-7,16H,15H2,1H3. The number of benzene rings is 2. The third-order valence-electron chi connectivity index (χ3n) is 2.91. The number of nitrogen functional groups attached to an aromatic ring is 1. The molecule has 0 saturated heterocycles. The van der Waals surface area contributed by atoms with E-state index in [0.717, 1.165) is 24.3 Å². The van der Waals surface area contributed by atoms with Gasteiger partial charge in [-0.15, -0.1) is 0 Å². The molecule has 2 aromatic carbocycles. The van der Waals surface area contributed by atoms with E-state index in [1.165, 1.54) is 19.1 Å². The molecule has 0 aliphatic carbocycles. The second-order valence-corrected chi connectivity index (χ2v) is 6.20. The number of sulfonamides is 1. The number of nitrogens with zero attached hydrogens (tertiary/aromatic N) is 1. The van der Waals surface area contributed by atoms with Gasteiger partial charge < -0.3 is 5.73 Å². The van der Waals surface area contributed by atoms with E-state index in [1.54, 1.807) is 0 Å². The van der Waals surface area contributed by atoms with E-state index < -0.39 is 26.5 Å². The van der Waals surface area contributed by atoms with Crippen LogP contribution in [0.5, 0.6) is 0 Å². The van der Waals surface area contributed by atoms with E-state index in [2.05, 4.69) is 4.72 Å². The van der Waals surface area contributed by atoms with Crippen LogP contribution in [0.25, 0.3) is 0 Å². The Bertz CT molecular complexity index is 852. The Labute approximate surface area is 125 Å². The molecular weight excluding hydrogens is 313 g/mol. The Hall–Kier alpha value is -2.68. The topological polar surface area (TPSA) is 115 Å². The van der Waals surface area contributed by atoms with E-state index in [9.17, 15) is 22.9 Å². The summed E-state index contributed by atoms with van der Waals surface area (Å²) in [5, 5.41) is 10.8. The highest BCUT2D eigenvalue weighted by Gasteiger charge is 2.19. The lowest BCUT2D eigenvalue weighted by Gasteiger charge is -2.10. The molecule has 0 radical (unpaired) electrons. The molecule has 0 aliphatic rings. The van der Waals surface area contributed by atoms with Crippen LogP contribution < -0.4 is 10.5 Å². The van der Waals surface area contributed by atoms with Crippen molar-refractivity contribution in [1.29, 1.82) is 0 Å². The van der Waals surface area contributed by atoms with Crippen molar-refractivity contribution in [2.75, 3.05) is 10.5 Å². The third-order valence-corrected chi connectivity index (χ3v) is 4.45. The van der Waals surface area contributed by atoms with Gasteiger partial charge in [-0.05, 0) is 42.8 Å². The second kappa shape index (κ2) is 5.60. The highest BCUT2D eigenvalue weighted by Crippen LogP contribution is 2.27. The minimum absolute atomic E-state index is 0.00961. The first kappa shape index (κ1) is 15.7. The van der Waals surface area contributed by atoms with Crippen LogP contribution in [0.4, 0.5) is 21.5 Å². The molecule has 9 heteroatoms. The van der Waals surface area contributed by atoms with E-state index >= 15 is 0 Å². The molecule has 22 heavy (non-hydrogen) atoms. The van der Waals surface area contributed by atoms with Gasteiger partial charge in [0.15, 0.2) is 0 Å². The lowest BCUT2D eigenvalue weighted by atomic mass is 10.2. The minimum atomic E-state index is -4.00. The molecule has 0 aromatic heterocycles. The van der Waals surface area contributed by atoms with Crippen molar-refractivity contribution in [2.45, 2.75) is 11.8 Å². The zero-order valence-corrected chi connectivity index (χ0v) is 12.2. The fraction of sp³-hybridized carbons (Fsp3) is 0.0769. The molecule has 3 N–H and O–H groups in total. The average molecular weight is 325 g/mol. The van der Waals surface area contributed by atoms with Gasteiger partial charge in [0.25, 0.3) is 15.7 Å². The lowest BCUT2D eigenvalue weighted by Crippen LogP contribution is -2.14. The number of nitro benzene ring substituents is 1. The fourth-order valence-corrected chi connectivity index (χ4v) is 3.17. The predicted octanol–water partition coefficient (Wildman–Crippen LogP) is 2.43. The summed E-state index contributed by atoms with van der Waals surface area (Å²) in [5.41, 5.74) is 5.17. The first-order valence-electron chi connectivity index (χ1n) is 6.03. The van der Waals surface area contributed by atoms with Crippen LogP contribution >= 0.6 is 0 Å². The second-order valence-electron chi connectivity index (χ2n) is 4.55. The van der Waals surface area contributed by atoms with Crippen molar-refractivity contribution in [2.24, 2.45) is 0 Å². The van der Waals surface area contributed by atoms with Crippen molar-refractivity contribution in [3.8, 4) is 0 Å². The van der Waals surface area contributed by atoms with Crippen molar-refractivity contribution in [3.05, 3.63) is 57.9 Å². The van der Waals surface area contributed by atoms with Crippen molar-refractivity contribution >= 4 is 27.1 Å². The number of halogens is 1. The average Bonchev–Trinajstić information content (AvgIpc) is 2.39. The summed E-state index contributed by atoms with van der Waals surface area (Å²) in [6.07, 6.45) is 0. The summed E-state index contributed by atoms with van der Waals surface area (Å²) < 4.78 is 39.8. The summed E-state index contributed by atoms with van der Waals surface area (Å²) in [6.45, 7) is 1.45. The van der Waals surface area contributed by atoms with Gasteiger partial charge in [0.2, 0.25) is 0 Å². The molecule has 0 bridgehead atoms. The quantitative estimate of drug-likeness (QED) is 0.509. The van der Waals surface area contributed by atoms with E-state index in [0.29, 0.717) is 0 Å². The Kier molecular flexibility index (Phi) is 4.00. The lowest BCUT2D eigenvalue weighted by molar-refractivity contribution is -0.383. The van der Waals surface area contributed by atoms with Gasteiger partial charge in [-0.25, -0.2) is 12.8 Å². The highest BCUT2D eigenvalue weighted by atomic mass is 32.2. The number of hydrogen-bond donors (Lipinski definition) is 2. The molecule has 0 amide bonds. The van der Waals surface area contributed by atoms with E-state index in [4.69, 9.17) is 5.73 Å². The van der Waals surface area contributed by atoms with Crippen molar-refractivity contribution in [1.82, 2.24) is 0 Å². The SMILES string of the molecule is Cc1cc(F)ccc1S(=O)(=O)Nc1ccc(N)c([N+](=O)[O-])c1. The number of anilines is 2. The molecule has 0 saturated carbocycles. The number of aryl methyl sites for hydroxylation is 1. The van der Waals surface area contributed by atoms with Gasteiger partial charge in [-0.3, -0.25) is 14.8 Å². The Balaban J connectivity index is 2.41. The maximum atomic E-state index is 13.0. The largest absolute Gasteiger partial charge is 0.393 e. The summed E-state index contributed by atoms with van der Waals surface area (Å²) >= 11 is 0. The van der Waals surface area contributed by atoms with E-state index in [-0.39, 0.29) is 21.8 Å². The van der Waals surface area contributed by atoms with Crippen LogP contribution in [-0.2, 0) is 10.0 Å². The van der Waals surface area contributed by atoms with Gasteiger partial charge in [0.1, 0.15) is 11.5 Å². The molecule has 7 nitrogen and oxygen atoms in total. The van der Waals surface area contributed by atoms with Gasteiger partial charge in [-0.1, -0.05) is 0 Å². The highest BCUT2D eigenvalue weighted by molar-refractivity contribution is 7.92. The maximum absolute atomic E-state index is 13.0. The third kappa shape index (κ3) is 3.14. The maximum Gasteiger partial charge on any atom is 0.294 e. The Morgan fingerprint density at radius 3 is 2.50 bits per heavy atom. The van der Waals surface area contributed by atoms with Crippen molar-refractivity contribution in [3.63, 3.8) is 0 Å². The number of rotatable bonds is 4. The number of nitrogens with two attached hydrogens (primary N) is 1. The molecule has 0 fully saturated rings. The number of nitrogens with one attached hydrogen (secondary N) is 1. The van der Waals surface area contributed by atoms with Crippen molar-refractivity contribution < 1.29 is 17.7 Å². The van der Waals surface area contributed by atoms with E-state index in [1.807, 2.05) is 0 Å². The van der Waals surface area contributed by atoms with Crippen LogP contribution in [0.2, 0.25) is 0 Å². The summed E-state index contributed by atoms with van der Waals surface area (Å²) in [7, 11) is -4.00. The molecule has 116 valence electrons. The summed E-state index contributed by atoms with van der Waals surface area (Å²) in [6, 6.07) is 6.78. The summed E-state index contributed by atoms with van der Waals surface area (Å²) in [5.74, 6) is -0.556. The molecule has 0 unspecified atom stereocenters. The van der Waals surface area contributed by atoms with Gasteiger partial charge in [0, 0.05) is 6.07 Å². The molecule has 0 heterocycles. The minimum Gasteiger partial charge on any atom is -0.393 e. The molecule has 2 rings (SSSR count). The monoisotopic (exact) mass is 325 g/mol. The smallest absolute Gasteiger partial charge is 0.294 e. The molecular formula is C13H12FN3O4S. The molecule has 2 aromatic rings. The van der Waals surface area contributed by atoms with Crippen LogP contribution in [-0.4, -0.2) is 13.3 Å². The van der Waals surface area contributed by atoms with Crippen LogP contribution in [0.15, 0.2) is 41.3 Å². The first-order chi connectivity index (χ1) is 10.2. The normalized spacial score (nSPS) is 11.2. The van der Waals surface area contributed by atoms with Gasteiger partial charge in [-0.2, -0.15) is 0 Å². The predicted molar refractivity (Wildman–Crippen MR) is 79.5 cm³/mol. The zero-order valence-electron chi connectivity index (χ0n) is 11.4. The Morgan fingerprint density at radius 1 is 1.23 bits per heavy atom. The van der Waals surface area contributed by atoms with Gasteiger partial charge >= 0.3 is 0 Å². The molecule has 0 spiro atoms. The van der Waals surface area contributed by atoms with Gasteiger partial charge in [0.05, 0.1) is 15.5 Å². The number of nitro groups is 1. The molecule has 0 atom stereocenters. The van der Waals surface area contributed by atoms with Crippen LogP contribution in [0, 0.1) is 22.9 Å². The molecule has 0 aliphatic heterocycles. The fourth-order valence-electron chi connectivity index (χ4n) is 1.89. The van der Waals surface area contributed by atoms with Crippen LogP contribution in [0.3, 0.4) is 0 Å². The first-order valence-corrected chi connectivity index (χ1v) is 7.52. The zero-order chi connectivity index (χ0) is 16.5. The Morgan fingerprint density at radius 2 is 1.91 bits per heavy atom. The number of hydrogen-bond acceptors (Lipinski definition) is 5. The van der Waals surface area contributed by atoms with Crippen LogP contribution in [0.1, 0.15) is 5.56 Å². The summed E-state index contributed by atoms with van der Waals surface area (Å²) in [4.78, 5) is 9.98.